The Balaban J connectivity index is 8.78. The van der Waals surface area contributed by atoms with Crippen molar-refractivity contribution in [3.63, 3.8) is 0 Å². The number of hydrogen-bond acceptors (Lipinski definition) is 3. The van der Waals surface area contributed by atoms with Crippen LogP contribution in [0.3, 0.4) is 0 Å². The average molecular weight is 748 g/mol. The highest BCUT2D eigenvalue weighted by molar-refractivity contribution is 6.59. The third kappa shape index (κ3) is 6.54. The predicted octanol–water partition coefficient (Wildman–Crippen LogP) is 8.88. The third-order valence-corrected chi connectivity index (χ3v) is 6.64. The van der Waals surface area contributed by atoms with Crippen LogP contribution in [0.4, 0.5) is 119 Å². The van der Waals surface area contributed by atoms with Gasteiger partial charge in [0.25, 0.3) is 0 Å². The summed E-state index contributed by atoms with van der Waals surface area (Å²) in [4.78, 5) is 0. The average Bonchev–Trinajstić information content (AvgIpc) is 2.59. The van der Waals surface area contributed by atoms with Gasteiger partial charge >= 0.3 is 81.2 Å². The van der Waals surface area contributed by atoms with Crippen molar-refractivity contribution in [1.82, 2.24) is 0 Å². The number of rotatable bonds is 6. The van der Waals surface area contributed by atoms with Crippen molar-refractivity contribution in [1.29, 1.82) is 0 Å². The lowest BCUT2D eigenvalue weighted by atomic mass is 10.0. The maximum Gasteiger partial charge on any atom is 0.501 e. The van der Waals surface area contributed by atoms with E-state index in [0.717, 1.165) is 0 Å². The second-order valence-electron chi connectivity index (χ2n) is 7.69. The van der Waals surface area contributed by atoms with Gasteiger partial charge in [-0.25, -0.2) is 0 Å². The van der Waals surface area contributed by atoms with Crippen LogP contribution in [0.1, 0.15) is 0 Å². The van der Waals surface area contributed by atoms with Crippen molar-refractivity contribution >= 4 is 8.80 Å². The van der Waals surface area contributed by atoms with E-state index in [0.29, 0.717) is 0 Å². The fourth-order valence-corrected chi connectivity index (χ4v) is 5.70. The Morgan fingerprint density at radius 1 is 0.250 bits per heavy atom. The maximum absolute atomic E-state index is 13.2. The van der Waals surface area contributed by atoms with Crippen LogP contribution in [0.25, 0.3) is 0 Å². The van der Waals surface area contributed by atoms with Gasteiger partial charge in [-0.3, -0.25) is 0 Å². The lowest BCUT2D eigenvalue weighted by Crippen LogP contribution is -2.79. The minimum absolute atomic E-state index is 1.72. The summed E-state index contributed by atoms with van der Waals surface area (Å²) in [6, 6.07) is 0. The molecular formula is C13H3F27O3Si. The lowest BCUT2D eigenvalue weighted by molar-refractivity contribution is -0.477. The summed E-state index contributed by atoms with van der Waals surface area (Å²) in [5, 5.41) is 0. The van der Waals surface area contributed by atoms with Crippen LogP contribution in [0.15, 0.2) is 0 Å². The molecule has 0 saturated carbocycles. The Kier molecular flexibility index (Phi) is 10.2. The van der Waals surface area contributed by atoms with E-state index in [1.807, 2.05) is 0 Å². The summed E-state index contributed by atoms with van der Waals surface area (Å²) < 4.78 is 361. The zero-order valence-corrected chi connectivity index (χ0v) is 19.9. The van der Waals surface area contributed by atoms with Crippen LogP contribution in [-0.2, 0) is 13.3 Å². The minimum atomic E-state index is -10.1. The largest absolute Gasteiger partial charge is 0.501 e. The standard InChI is InChI=1S/C13H3F27O3Si/c1-44(41-2(5(14,15)16,6(17,18)19)7(20,21)22,42-3(8(23,24)25,9(26,27)28)10(29,30)31)43-4(11(32,33)34,12(35,36)37)13(38,39)40/h1H3. The van der Waals surface area contributed by atoms with Crippen LogP contribution in [-0.4, -0.2) is 81.2 Å². The highest BCUT2D eigenvalue weighted by Crippen LogP contribution is 2.62. The van der Waals surface area contributed by atoms with E-state index in [-0.39, 0.29) is 0 Å². The van der Waals surface area contributed by atoms with Crippen LogP contribution in [0.5, 0.6) is 0 Å². The first kappa shape index (κ1) is 42.2. The molecule has 0 aromatic rings. The van der Waals surface area contributed by atoms with E-state index in [4.69, 9.17) is 0 Å². The van der Waals surface area contributed by atoms with Crippen molar-refractivity contribution in [3.8, 4) is 0 Å². The van der Waals surface area contributed by atoms with E-state index in [1.165, 1.54) is 0 Å². The third-order valence-electron chi connectivity index (χ3n) is 4.61. The molecule has 266 valence electrons. The van der Waals surface area contributed by atoms with Crippen molar-refractivity contribution in [3.05, 3.63) is 0 Å². The molecular weight excluding hydrogens is 745 g/mol. The molecule has 31 heteroatoms. The summed E-state index contributed by atoms with van der Waals surface area (Å²) in [6.45, 7) is -2.26. The molecule has 0 bridgehead atoms. The summed E-state index contributed by atoms with van der Waals surface area (Å²) in [6.07, 6.45) is -78.0. The fraction of sp³-hybridized carbons (Fsp3) is 1.00. The molecule has 0 aromatic heterocycles. The maximum atomic E-state index is 13.2. The Bertz CT molecular complexity index is 758. The van der Waals surface area contributed by atoms with Gasteiger partial charge < -0.3 is 13.3 Å². The molecule has 0 N–H and O–H groups in total. The molecule has 0 spiro atoms. The number of alkyl halides is 27. The Labute approximate surface area is 221 Å². The molecule has 0 radical (unpaired) electrons. The van der Waals surface area contributed by atoms with Crippen molar-refractivity contribution in [2.75, 3.05) is 0 Å². The summed E-state index contributed by atoms with van der Waals surface area (Å²) in [7, 11) is -10.1. The first-order valence-electron chi connectivity index (χ1n) is 9.08. The zero-order chi connectivity index (χ0) is 36.6. The molecule has 0 saturated heterocycles. The number of halogens is 27. The number of hydrogen-bond donors (Lipinski definition) is 0. The second-order valence-corrected chi connectivity index (χ2v) is 10.0. The molecule has 0 rings (SSSR count). The van der Waals surface area contributed by atoms with Gasteiger partial charge in [0.15, 0.2) is 0 Å². The highest BCUT2D eigenvalue weighted by Gasteiger charge is 2.94. The van der Waals surface area contributed by atoms with Crippen LogP contribution in [0, 0.1) is 0 Å². The van der Waals surface area contributed by atoms with Crippen LogP contribution in [0.2, 0.25) is 6.55 Å². The van der Waals surface area contributed by atoms with Gasteiger partial charge in [0.1, 0.15) is 0 Å². The van der Waals surface area contributed by atoms with Gasteiger partial charge in [0.2, 0.25) is 0 Å². The van der Waals surface area contributed by atoms with Crippen molar-refractivity contribution < 1.29 is 132 Å². The molecule has 0 atom stereocenters. The Morgan fingerprint density at radius 2 is 0.341 bits per heavy atom. The van der Waals surface area contributed by atoms with E-state index < -0.39 is 87.7 Å². The molecule has 0 amide bonds. The Morgan fingerprint density at radius 3 is 0.409 bits per heavy atom. The van der Waals surface area contributed by atoms with Gasteiger partial charge in [-0.1, -0.05) is 0 Å². The molecule has 0 fully saturated rings. The minimum Gasteiger partial charge on any atom is -0.344 e. The SMILES string of the molecule is C[Si](OC(C(F)(F)F)(C(F)(F)F)C(F)(F)F)(OC(C(F)(F)F)(C(F)(F)F)C(F)(F)F)OC(C(F)(F)F)(C(F)(F)F)C(F)(F)F. The summed E-state index contributed by atoms with van der Waals surface area (Å²) in [5.74, 6) is 0. The Hall–Kier alpha value is -1.79. The van der Waals surface area contributed by atoms with E-state index in [2.05, 4.69) is 0 Å². The molecule has 0 heterocycles. The smallest absolute Gasteiger partial charge is 0.344 e. The summed E-state index contributed by atoms with van der Waals surface area (Å²) >= 11 is 0. The second kappa shape index (κ2) is 10.6. The molecule has 0 aromatic carbocycles. The van der Waals surface area contributed by atoms with Gasteiger partial charge in [0, 0.05) is 6.55 Å². The highest BCUT2D eigenvalue weighted by atomic mass is 28.4. The first-order valence-corrected chi connectivity index (χ1v) is 11.3. The van der Waals surface area contributed by atoms with Gasteiger partial charge in [-0.05, 0) is 0 Å². The monoisotopic (exact) mass is 748 g/mol. The molecule has 0 unspecified atom stereocenters. The summed E-state index contributed by atoms with van der Waals surface area (Å²) in [5.41, 5.74) is -26.4. The van der Waals surface area contributed by atoms with Gasteiger partial charge in [0.05, 0.1) is 0 Å². The normalized spacial score (nSPS) is 16.9. The predicted molar refractivity (Wildman–Crippen MR) is 77.6 cm³/mol. The van der Waals surface area contributed by atoms with E-state index in [9.17, 15) is 119 Å². The van der Waals surface area contributed by atoms with Crippen molar-refractivity contribution in [2.45, 2.75) is 78.9 Å². The van der Waals surface area contributed by atoms with E-state index in [1.54, 1.807) is 13.3 Å². The quantitative estimate of drug-likeness (QED) is 0.201. The molecule has 44 heavy (non-hydrogen) atoms. The lowest BCUT2D eigenvalue weighted by Gasteiger charge is -2.49. The molecule has 0 aliphatic carbocycles. The van der Waals surface area contributed by atoms with Gasteiger partial charge in [-0.15, -0.1) is 0 Å². The van der Waals surface area contributed by atoms with E-state index >= 15 is 0 Å². The van der Waals surface area contributed by atoms with Crippen molar-refractivity contribution in [2.24, 2.45) is 0 Å². The topological polar surface area (TPSA) is 27.7 Å². The molecule has 0 aliphatic heterocycles. The first-order chi connectivity index (χ1) is 18.4. The zero-order valence-electron chi connectivity index (χ0n) is 18.9. The van der Waals surface area contributed by atoms with Gasteiger partial charge in [-0.2, -0.15) is 119 Å². The fourth-order valence-electron chi connectivity index (χ4n) is 2.86. The van der Waals surface area contributed by atoms with Crippen LogP contribution < -0.4 is 0 Å². The molecule has 3 nitrogen and oxygen atoms in total. The van der Waals surface area contributed by atoms with Crippen LogP contribution >= 0.6 is 0 Å². The molecule has 0 aliphatic rings.